The van der Waals surface area contributed by atoms with Crippen LogP contribution in [0, 0.1) is 16.7 Å². The summed E-state index contributed by atoms with van der Waals surface area (Å²) < 4.78 is 28.6. The zero-order chi connectivity index (χ0) is 13.5. The van der Waals surface area contributed by atoms with Gasteiger partial charge in [0.05, 0.1) is 17.7 Å². The largest absolute Gasteiger partial charge is 0.370 e. The molecule has 0 atom stereocenters. The van der Waals surface area contributed by atoms with Crippen molar-refractivity contribution >= 4 is 5.69 Å². The van der Waals surface area contributed by atoms with Crippen molar-refractivity contribution in [3.05, 3.63) is 29.8 Å². The van der Waals surface area contributed by atoms with Crippen molar-refractivity contribution < 1.29 is 13.5 Å². The molecule has 1 aromatic carbocycles. The minimum absolute atomic E-state index is 0.174. The molecule has 0 aromatic heterocycles. The zero-order valence-corrected chi connectivity index (χ0v) is 10.4. The molecule has 3 rings (SSSR count). The Labute approximate surface area is 110 Å². The molecular formula is C14H14F2N2O. The van der Waals surface area contributed by atoms with E-state index >= 15 is 0 Å². The minimum Gasteiger partial charge on any atom is -0.370 e. The molecule has 0 unspecified atom stereocenters. The van der Waals surface area contributed by atoms with E-state index in [4.69, 9.17) is 5.26 Å². The molecule has 3 nitrogen and oxygen atoms in total. The summed E-state index contributed by atoms with van der Waals surface area (Å²) in [6.45, 7) is -0.874. The second-order valence-corrected chi connectivity index (χ2v) is 5.44. The number of rotatable bonds is 3. The van der Waals surface area contributed by atoms with E-state index < -0.39 is 6.61 Å². The molecule has 1 saturated carbocycles. The average Bonchev–Trinajstić information content (AvgIpc) is 2.30. The lowest BCUT2D eigenvalue weighted by Crippen LogP contribution is -2.64. The molecule has 1 aliphatic carbocycles. The van der Waals surface area contributed by atoms with E-state index in [-0.39, 0.29) is 11.5 Å². The Morgan fingerprint density at radius 3 is 2.42 bits per heavy atom. The molecule has 0 amide bonds. The SMILES string of the molecule is N#Cc1ccc(N2CC3(CC(OC(F)F)C3)C2)cc1. The molecule has 1 aromatic rings. The molecule has 1 saturated heterocycles. The van der Waals surface area contributed by atoms with E-state index in [1.807, 2.05) is 12.1 Å². The van der Waals surface area contributed by atoms with Gasteiger partial charge in [-0.1, -0.05) is 0 Å². The zero-order valence-electron chi connectivity index (χ0n) is 10.4. The first kappa shape index (κ1) is 12.4. The lowest BCUT2D eigenvalue weighted by molar-refractivity contribution is -0.211. The van der Waals surface area contributed by atoms with Gasteiger partial charge in [-0.05, 0) is 37.1 Å². The van der Waals surface area contributed by atoms with Crippen molar-refractivity contribution in [1.82, 2.24) is 0 Å². The number of hydrogen-bond acceptors (Lipinski definition) is 3. The van der Waals surface area contributed by atoms with Gasteiger partial charge in [0.15, 0.2) is 0 Å². The molecule has 5 heteroatoms. The Morgan fingerprint density at radius 2 is 1.89 bits per heavy atom. The standard InChI is InChI=1S/C14H14F2N2O/c15-13(16)19-12-5-14(6-12)8-18(9-14)11-3-1-10(7-17)2-4-11/h1-4,12-13H,5-6,8-9H2. The maximum Gasteiger partial charge on any atom is 0.345 e. The highest BCUT2D eigenvalue weighted by atomic mass is 19.3. The van der Waals surface area contributed by atoms with Gasteiger partial charge in [0, 0.05) is 24.2 Å². The normalized spacial score (nSPS) is 21.1. The Hall–Kier alpha value is -1.67. The molecule has 0 N–H and O–H groups in total. The summed E-state index contributed by atoms with van der Waals surface area (Å²) in [6.07, 6.45) is 1.18. The van der Waals surface area contributed by atoms with Gasteiger partial charge >= 0.3 is 6.61 Å². The third-order valence-corrected chi connectivity index (χ3v) is 4.03. The number of hydrogen-bond donors (Lipinski definition) is 0. The molecule has 100 valence electrons. The quantitative estimate of drug-likeness (QED) is 0.842. The first-order valence-corrected chi connectivity index (χ1v) is 6.29. The van der Waals surface area contributed by atoms with Crippen LogP contribution in [0.25, 0.3) is 0 Å². The Bertz CT molecular complexity index is 495. The summed E-state index contributed by atoms with van der Waals surface area (Å²) >= 11 is 0. The summed E-state index contributed by atoms with van der Waals surface area (Å²) in [4.78, 5) is 2.21. The van der Waals surface area contributed by atoms with Gasteiger partial charge in [-0.3, -0.25) is 0 Å². The fourth-order valence-corrected chi connectivity index (χ4v) is 3.10. The third kappa shape index (κ3) is 2.28. The van der Waals surface area contributed by atoms with Crippen molar-refractivity contribution in [2.24, 2.45) is 5.41 Å². The molecule has 0 bridgehead atoms. The van der Waals surface area contributed by atoms with Crippen LogP contribution in [0.3, 0.4) is 0 Å². The molecule has 2 aliphatic rings. The van der Waals surface area contributed by atoms with Gasteiger partial charge in [0.2, 0.25) is 0 Å². The molecule has 0 radical (unpaired) electrons. The van der Waals surface area contributed by atoms with Crippen LogP contribution in [0.5, 0.6) is 0 Å². The fourth-order valence-electron chi connectivity index (χ4n) is 3.10. The number of nitriles is 1. The van der Waals surface area contributed by atoms with Crippen LogP contribution >= 0.6 is 0 Å². The highest BCUT2D eigenvalue weighted by Crippen LogP contribution is 2.51. The van der Waals surface area contributed by atoms with Gasteiger partial charge in [-0.15, -0.1) is 0 Å². The molecule has 1 aliphatic heterocycles. The topological polar surface area (TPSA) is 36.3 Å². The van der Waals surface area contributed by atoms with Crippen LogP contribution in [0.4, 0.5) is 14.5 Å². The third-order valence-electron chi connectivity index (χ3n) is 4.03. The van der Waals surface area contributed by atoms with E-state index in [0.29, 0.717) is 5.56 Å². The predicted molar refractivity (Wildman–Crippen MR) is 65.9 cm³/mol. The summed E-state index contributed by atoms with van der Waals surface area (Å²) in [5, 5.41) is 8.73. The van der Waals surface area contributed by atoms with Crippen LogP contribution in [0.1, 0.15) is 18.4 Å². The average molecular weight is 264 g/mol. The van der Waals surface area contributed by atoms with E-state index in [0.717, 1.165) is 31.6 Å². The summed E-state index contributed by atoms with van der Waals surface area (Å²) in [6, 6.07) is 9.53. The van der Waals surface area contributed by atoms with Crippen molar-refractivity contribution in [2.45, 2.75) is 25.6 Å². The Kier molecular flexibility index (Phi) is 2.90. The van der Waals surface area contributed by atoms with Crippen molar-refractivity contribution in [3.63, 3.8) is 0 Å². The highest BCUT2D eigenvalue weighted by molar-refractivity contribution is 5.52. The molecule has 19 heavy (non-hydrogen) atoms. The summed E-state index contributed by atoms with van der Waals surface area (Å²) in [5.41, 5.74) is 1.91. The number of benzene rings is 1. The van der Waals surface area contributed by atoms with Crippen LogP contribution in [-0.4, -0.2) is 25.8 Å². The Balaban J connectivity index is 1.52. The van der Waals surface area contributed by atoms with E-state index in [1.54, 1.807) is 12.1 Å². The van der Waals surface area contributed by atoms with Gasteiger partial charge in [-0.25, -0.2) is 0 Å². The predicted octanol–water partition coefficient (Wildman–Crippen LogP) is 2.77. The maximum atomic E-state index is 12.0. The van der Waals surface area contributed by atoms with Crippen LogP contribution < -0.4 is 4.90 Å². The van der Waals surface area contributed by atoms with Gasteiger partial charge in [-0.2, -0.15) is 14.0 Å². The second kappa shape index (κ2) is 4.46. The van der Waals surface area contributed by atoms with Crippen molar-refractivity contribution in [3.8, 4) is 6.07 Å². The van der Waals surface area contributed by atoms with Crippen molar-refractivity contribution in [2.75, 3.05) is 18.0 Å². The van der Waals surface area contributed by atoms with Crippen molar-refractivity contribution in [1.29, 1.82) is 5.26 Å². The number of alkyl halides is 2. The van der Waals surface area contributed by atoms with Crippen LogP contribution in [0.15, 0.2) is 24.3 Å². The van der Waals surface area contributed by atoms with Crippen LogP contribution in [0.2, 0.25) is 0 Å². The number of nitrogens with zero attached hydrogens (tertiary/aromatic N) is 2. The lowest BCUT2D eigenvalue weighted by atomic mass is 9.61. The van der Waals surface area contributed by atoms with E-state index in [9.17, 15) is 8.78 Å². The fraction of sp³-hybridized carbons (Fsp3) is 0.500. The number of ether oxygens (including phenoxy) is 1. The monoisotopic (exact) mass is 264 g/mol. The maximum absolute atomic E-state index is 12.0. The van der Waals surface area contributed by atoms with Crippen LogP contribution in [-0.2, 0) is 4.74 Å². The van der Waals surface area contributed by atoms with Gasteiger partial charge in [0.1, 0.15) is 0 Å². The minimum atomic E-state index is -2.66. The van der Waals surface area contributed by atoms with Gasteiger partial charge in [0.25, 0.3) is 0 Å². The molecule has 2 fully saturated rings. The first-order chi connectivity index (χ1) is 9.10. The molecule has 1 heterocycles. The highest BCUT2D eigenvalue weighted by Gasteiger charge is 2.53. The van der Waals surface area contributed by atoms with E-state index in [1.165, 1.54) is 0 Å². The number of anilines is 1. The summed E-state index contributed by atoms with van der Waals surface area (Å²) in [7, 11) is 0. The summed E-state index contributed by atoms with van der Waals surface area (Å²) in [5.74, 6) is 0. The first-order valence-electron chi connectivity index (χ1n) is 6.29. The smallest absolute Gasteiger partial charge is 0.345 e. The second-order valence-electron chi connectivity index (χ2n) is 5.44. The van der Waals surface area contributed by atoms with Gasteiger partial charge < -0.3 is 9.64 Å². The number of halogens is 2. The lowest BCUT2D eigenvalue weighted by Gasteiger charge is -2.59. The van der Waals surface area contributed by atoms with E-state index in [2.05, 4.69) is 15.7 Å². The molecular weight excluding hydrogens is 250 g/mol. The Morgan fingerprint density at radius 1 is 1.26 bits per heavy atom. The molecule has 1 spiro atoms.